The fourth-order valence-electron chi connectivity index (χ4n) is 1.82. The molecule has 0 aromatic carbocycles. The average molecular weight is 279 g/mol. The third-order valence-corrected chi connectivity index (χ3v) is 5.41. The quantitative estimate of drug-likeness (QED) is 0.707. The number of methoxy groups -OCH3 is 1. The highest BCUT2D eigenvalue weighted by atomic mass is 32.2. The van der Waals surface area contributed by atoms with Crippen LogP contribution >= 0.6 is 0 Å². The first kappa shape index (κ1) is 14.9. The molecule has 0 saturated carbocycles. The maximum atomic E-state index is 12.1. The molecule has 104 valence electrons. The topological polar surface area (TPSA) is 101 Å². The SMILES string of the molecule is COC(=O)C(C)S(=O)(=O)N1CCC(C)(C(=O)O)C1. The van der Waals surface area contributed by atoms with Gasteiger partial charge >= 0.3 is 11.9 Å². The Morgan fingerprint density at radius 2 is 2.00 bits per heavy atom. The molecule has 1 fully saturated rings. The summed E-state index contributed by atoms with van der Waals surface area (Å²) in [6, 6.07) is 0. The summed E-state index contributed by atoms with van der Waals surface area (Å²) in [5, 5.41) is 7.72. The van der Waals surface area contributed by atoms with E-state index in [0.29, 0.717) is 0 Å². The molecular formula is C10H17NO6S. The van der Waals surface area contributed by atoms with Crippen molar-refractivity contribution < 1.29 is 27.9 Å². The summed E-state index contributed by atoms with van der Waals surface area (Å²) in [7, 11) is -2.75. The smallest absolute Gasteiger partial charge is 0.325 e. The van der Waals surface area contributed by atoms with E-state index >= 15 is 0 Å². The van der Waals surface area contributed by atoms with Gasteiger partial charge in [0.25, 0.3) is 0 Å². The third-order valence-electron chi connectivity index (χ3n) is 3.29. The van der Waals surface area contributed by atoms with Gasteiger partial charge in [-0.05, 0) is 20.3 Å². The van der Waals surface area contributed by atoms with Crippen LogP contribution in [0.15, 0.2) is 0 Å². The molecule has 1 N–H and O–H groups in total. The molecule has 1 rings (SSSR count). The van der Waals surface area contributed by atoms with Crippen molar-refractivity contribution in [1.82, 2.24) is 4.31 Å². The Balaban J connectivity index is 2.91. The zero-order valence-electron chi connectivity index (χ0n) is 10.5. The molecule has 0 aliphatic carbocycles. The molecule has 0 aromatic heterocycles. The Bertz CT molecular complexity index is 459. The number of hydrogen-bond donors (Lipinski definition) is 1. The van der Waals surface area contributed by atoms with Crippen LogP contribution in [0.5, 0.6) is 0 Å². The van der Waals surface area contributed by atoms with Crippen LogP contribution in [0.4, 0.5) is 0 Å². The molecule has 2 unspecified atom stereocenters. The third kappa shape index (κ3) is 2.49. The first-order valence-corrected chi connectivity index (χ1v) is 6.95. The molecule has 1 aliphatic heterocycles. The van der Waals surface area contributed by atoms with Gasteiger partial charge in [-0.1, -0.05) is 0 Å². The number of carboxylic acid groups (broad SMARTS) is 1. The molecule has 8 heteroatoms. The maximum Gasteiger partial charge on any atom is 0.325 e. The first-order chi connectivity index (χ1) is 8.15. The number of nitrogens with zero attached hydrogens (tertiary/aromatic N) is 1. The van der Waals surface area contributed by atoms with Crippen molar-refractivity contribution in [2.24, 2.45) is 5.41 Å². The molecule has 1 aliphatic rings. The van der Waals surface area contributed by atoms with Crippen molar-refractivity contribution in [2.45, 2.75) is 25.5 Å². The average Bonchev–Trinajstić information content (AvgIpc) is 2.72. The number of carbonyl (C=O) groups is 2. The Kier molecular flexibility index (Phi) is 4.02. The van der Waals surface area contributed by atoms with Crippen LogP contribution in [0.1, 0.15) is 20.3 Å². The zero-order valence-corrected chi connectivity index (χ0v) is 11.4. The van der Waals surface area contributed by atoms with Gasteiger partial charge in [-0.15, -0.1) is 0 Å². The summed E-state index contributed by atoms with van der Waals surface area (Å²) in [6.07, 6.45) is 0.232. The predicted molar refractivity (Wildman–Crippen MR) is 62.3 cm³/mol. The highest BCUT2D eigenvalue weighted by Gasteiger charge is 2.47. The minimum Gasteiger partial charge on any atom is -0.481 e. The normalized spacial score (nSPS) is 26.8. The van der Waals surface area contributed by atoms with Gasteiger partial charge in [-0.2, -0.15) is 0 Å². The molecular weight excluding hydrogens is 262 g/mol. The van der Waals surface area contributed by atoms with Gasteiger partial charge in [0.1, 0.15) is 0 Å². The van der Waals surface area contributed by atoms with Gasteiger partial charge in [0, 0.05) is 13.1 Å². The molecule has 0 spiro atoms. The number of ether oxygens (including phenoxy) is 1. The van der Waals surface area contributed by atoms with E-state index in [0.717, 1.165) is 11.4 Å². The van der Waals surface area contributed by atoms with E-state index < -0.39 is 32.6 Å². The molecule has 7 nitrogen and oxygen atoms in total. The van der Waals surface area contributed by atoms with E-state index in [4.69, 9.17) is 5.11 Å². The van der Waals surface area contributed by atoms with Crippen LogP contribution in [0, 0.1) is 5.41 Å². The molecule has 1 heterocycles. The number of aliphatic carboxylic acids is 1. The Labute approximate surface area is 106 Å². The summed E-state index contributed by atoms with van der Waals surface area (Å²) in [5.41, 5.74) is -1.09. The lowest BCUT2D eigenvalue weighted by Crippen LogP contribution is -2.42. The summed E-state index contributed by atoms with van der Waals surface area (Å²) in [4.78, 5) is 22.3. The number of rotatable bonds is 4. The second-order valence-electron chi connectivity index (χ2n) is 4.66. The molecule has 0 radical (unpaired) electrons. The van der Waals surface area contributed by atoms with Gasteiger partial charge in [0.05, 0.1) is 12.5 Å². The molecule has 0 bridgehead atoms. The highest BCUT2D eigenvalue weighted by Crippen LogP contribution is 2.32. The number of sulfonamides is 1. The van der Waals surface area contributed by atoms with Crippen LogP contribution in [-0.4, -0.2) is 55.2 Å². The van der Waals surface area contributed by atoms with Crippen LogP contribution in [0.3, 0.4) is 0 Å². The van der Waals surface area contributed by atoms with Gasteiger partial charge in [0.2, 0.25) is 10.0 Å². The van der Waals surface area contributed by atoms with Crippen molar-refractivity contribution in [3.63, 3.8) is 0 Å². The van der Waals surface area contributed by atoms with E-state index in [1.807, 2.05) is 0 Å². The van der Waals surface area contributed by atoms with Crippen LogP contribution in [0.25, 0.3) is 0 Å². The second kappa shape index (κ2) is 4.85. The lowest BCUT2D eigenvalue weighted by atomic mass is 9.90. The molecule has 2 atom stereocenters. The summed E-state index contributed by atoms with van der Waals surface area (Å²) in [5.74, 6) is -1.88. The predicted octanol–water partition coefficient (Wildman–Crippen LogP) is -0.326. The van der Waals surface area contributed by atoms with E-state index in [2.05, 4.69) is 4.74 Å². The lowest BCUT2D eigenvalue weighted by Gasteiger charge is -2.22. The Morgan fingerprint density at radius 1 is 1.44 bits per heavy atom. The minimum atomic E-state index is -3.86. The lowest BCUT2D eigenvalue weighted by molar-refractivity contribution is -0.146. The largest absolute Gasteiger partial charge is 0.481 e. The zero-order chi connectivity index (χ0) is 14.1. The number of hydrogen-bond acceptors (Lipinski definition) is 5. The van der Waals surface area contributed by atoms with E-state index in [1.165, 1.54) is 13.8 Å². The standard InChI is InChI=1S/C10H17NO6S/c1-7(8(12)17-3)18(15,16)11-5-4-10(2,6-11)9(13)14/h7H,4-6H2,1-3H3,(H,13,14). The van der Waals surface area contributed by atoms with E-state index in [9.17, 15) is 18.0 Å². The fraction of sp³-hybridized carbons (Fsp3) is 0.800. The molecule has 0 aromatic rings. The molecule has 18 heavy (non-hydrogen) atoms. The molecule has 0 amide bonds. The van der Waals surface area contributed by atoms with Crippen molar-refractivity contribution in [2.75, 3.05) is 20.2 Å². The second-order valence-corrected chi connectivity index (χ2v) is 6.91. The Morgan fingerprint density at radius 3 is 2.39 bits per heavy atom. The van der Waals surface area contributed by atoms with Crippen LogP contribution in [-0.2, 0) is 24.3 Å². The number of esters is 1. The van der Waals surface area contributed by atoms with E-state index in [-0.39, 0.29) is 19.5 Å². The minimum absolute atomic E-state index is 0.104. The van der Waals surface area contributed by atoms with Crippen LogP contribution in [0.2, 0.25) is 0 Å². The Hall–Kier alpha value is -1.15. The van der Waals surface area contributed by atoms with Gasteiger partial charge in [-0.25, -0.2) is 12.7 Å². The number of carbonyl (C=O) groups excluding carboxylic acids is 1. The summed E-state index contributed by atoms with van der Waals surface area (Å²) in [6.45, 7) is 2.71. The summed E-state index contributed by atoms with van der Waals surface area (Å²) < 4.78 is 29.6. The van der Waals surface area contributed by atoms with Gasteiger partial charge in [-0.3, -0.25) is 9.59 Å². The molecule has 1 saturated heterocycles. The van der Waals surface area contributed by atoms with Gasteiger partial charge < -0.3 is 9.84 Å². The van der Waals surface area contributed by atoms with Crippen molar-refractivity contribution >= 4 is 22.0 Å². The van der Waals surface area contributed by atoms with Crippen molar-refractivity contribution in [3.8, 4) is 0 Å². The van der Waals surface area contributed by atoms with Gasteiger partial charge in [0.15, 0.2) is 5.25 Å². The number of carboxylic acids is 1. The monoisotopic (exact) mass is 279 g/mol. The maximum absolute atomic E-state index is 12.1. The van der Waals surface area contributed by atoms with Crippen molar-refractivity contribution in [3.05, 3.63) is 0 Å². The summed E-state index contributed by atoms with van der Waals surface area (Å²) >= 11 is 0. The van der Waals surface area contributed by atoms with Crippen molar-refractivity contribution in [1.29, 1.82) is 0 Å². The van der Waals surface area contributed by atoms with E-state index in [1.54, 1.807) is 0 Å². The first-order valence-electron chi connectivity index (χ1n) is 5.45. The van der Waals surface area contributed by atoms with Crippen LogP contribution < -0.4 is 0 Å². The fourth-order valence-corrected chi connectivity index (χ4v) is 3.42. The highest BCUT2D eigenvalue weighted by molar-refractivity contribution is 7.90.